The van der Waals surface area contributed by atoms with Gasteiger partial charge in [-0.05, 0) is 32.0 Å². The number of anilines is 1. The summed E-state index contributed by atoms with van der Waals surface area (Å²) in [4.78, 5) is 14.5. The first-order chi connectivity index (χ1) is 9.42. The summed E-state index contributed by atoms with van der Waals surface area (Å²) in [6.07, 6.45) is 2.93. The van der Waals surface area contributed by atoms with Crippen molar-refractivity contribution in [2.24, 2.45) is 0 Å². The largest absolute Gasteiger partial charge is 0.466 e. The highest BCUT2D eigenvalue weighted by Crippen LogP contribution is 2.27. The molecule has 0 fully saturated rings. The highest BCUT2D eigenvalue weighted by atomic mass is 16.6. The van der Waals surface area contributed by atoms with E-state index in [2.05, 4.69) is 10.3 Å². The Kier molecular flexibility index (Phi) is 3.71. The molecule has 0 bridgehead atoms. The second kappa shape index (κ2) is 5.30. The molecule has 2 aromatic rings. The van der Waals surface area contributed by atoms with Crippen molar-refractivity contribution in [2.45, 2.75) is 19.4 Å². The van der Waals surface area contributed by atoms with Crippen LogP contribution in [-0.4, -0.2) is 21.6 Å². The quantitative estimate of drug-likeness (QED) is 0.641. The summed E-state index contributed by atoms with van der Waals surface area (Å²) in [7, 11) is 0. The predicted molar refractivity (Wildman–Crippen MR) is 72.4 cm³/mol. The maximum absolute atomic E-state index is 11.0. The summed E-state index contributed by atoms with van der Waals surface area (Å²) in [5.41, 5.74) is -0.879. The second-order valence-electron chi connectivity index (χ2n) is 4.69. The summed E-state index contributed by atoms with van der Waals surface area (Å²) < 4.78 is 5.14. The van der Waals surface area contributed by atoms with Crippen molar-refractivity contribution < 1.29 is 14.4 Å². The van der Waals surface area contributed by atoms with Crippen molar-refractivity contribution in [1.29, 1.82) is 0 Å². The zero-order chi connectivity index (χ0) is 14.8. The van der Waals surface area contributed by atoms with Crippen LogP contribution in [0.4, 0.5) is 11.5 Å². The van der Waals surface area contributed by atoms with Crippen LogP contribution in [0, 0.1) is 17.0 Å². The Hall–Kier alpha value is -2.41. The average Bonchev–Trinajstić information content (AvgIpc) is 2.90. The SMILES string of the molecule is Cc1ccnc(NCC(C)(O)c2ccco2)c1[N+](=O)[O-]. The van der Waals surface area contributed by atoms with Gasteiger partial charge < -0.3 is 14.8 Å². The molecule has 1 atom stereocenters. The zero-order valence-electron chi connectivity index (χ0n) is 11.2. The van der Waals surface area contributed by atoms with Gasteiger partial charge in [0.15, 0.2) is 0 Å². The third-order valence-corrected chi connectivity index (χ3v) is 2.96. The molecule has 7 nitrogen and oxygen atoms in total. The number of nitrogens with one attached hydrogen (secondary N) is 1. The lowest BCUT2D eigenvalue weighted by atomic mass is 10.0. The Morgan fingerprint density at radius 1 is 1.55 bits per heavy atom. The van der Waals surface area contributed by atoms with E-state index >= 15 is 0 Å². The second-order valence-corrected chi connectivity index (χ2v) is 4.69. The summed E-state index contributed by atoms with van der Waals surface area (Å²) in [6.45, 7) is 3.23. The highest BCUT2D eigenvalue weighted by molar-refractivity contribution is 5.59. The Labute approximate surface area is 115 Å². The van der Waals surface area contributed by atoms with Crippen LogP contribution in [0.25, 0.3) is 0 Å². The minimum Gasteiger partial charge on any atom is -0.466 e. The first-order valence-corrected chi connectivity index (χ1v) is 6.02. The molecule has 0 aliphatic rings. The number of nitrogens with zero attached hydrogens (tertiary/aromatic N) is 2. The van der Waals surface area contributed by atoms with Crippen molar-refractivity contribution >= 4 is 11.5 Å². The summed E-state index contributed by atoms with van der Waals surface area (Å²) in [5.74, 6) is 0.502. The Morgan fingerprint density at radius 3 is 2.90 bits per heavy atom. The normalized spacial score (nSPS) is 13.8. The molecule has 0 saturated carbocycles. The fourth-order valence-electron chi connectivity index (χ4n) is 1.84. The number of hydrogen-bond acceptors (Lipinski definition) is 6. The molecule has 0 saturated heterocycles. The molecule has 106 valence electrons. The third kappa shape index (κ3) is 2.77. The number of aliphatic hydroxyl groups is 1. The molecule has 2 rings (SSSR count). The number of rotatable bonds is 5. The van der Waals surface area contributed by atoms with E-state index < -0.39 is 10.5 Å². The molecule has 0 spiro atoms. The molecule has 20 heavy (non-hydrogen) atoms. The van der Waals surface area contributed by atoms with Gasteiger partial charge in [0.25, 0.3) is 0 Å². The minimum absolute atomic E-state index is 0.0395. The van der Waals surface area contributed by atoms with E-state index in [0.29, 0.717) is 11.3 Å². The van der Waals surface area contributed by atoms with Crippen LogP contribution in [-0.2, 0) is 5.60 Å². The van der Waals surface area contributed by atoms with Crippen LogP contribution in [0.2, 0.25) is 0 Å². The number of pyridine rings is 1. The van der Waals surface area contributed by atoms with Crippen LogP contribution in [0.1, 0.15) is 18.2 Å². The third-order valence-electron chi connectivity index (χ3n) is 2.96. The van der Waals surface area contributed by atoms with Crippen LogP contribution >= 0.6 is 0 Å². The maximum Gasteiger partial charge on any atom is 0.314 e. The van der Waals surface area contributed by atoms with Gasteiger partial charge in [0.05, 0.1) is 17.7 Å². The lowest BCUT2D eigenvalue weighted by molar-refractivity contribution is -0.384. The van der Waals surface area contributed by atoms with Crippen molar-refractivity contribution in [1.82, 2.24) is 4.98 Å². The number of aryl methyl sites for hydroxylation is 1. The molecule has 1 unspecified atom stereocenters. The molecule has 0 aromatic carbocycles. The number of hydrogen-bond donors (Lipinski definition) is 2. The monoisotopic (exact) mass is 277 g/mol. The molecule has 2 aromatic heterocycles. The predicted octanol–water partition coefficient (Wildman–Crippen LogP) is 2.21. The molecule has 0 amide bonds. The average molecular weight is 277 g/mol. The van der Waals surface area contributed by atoms with Crippen LogP contribution in [0.15, 0.2) is 35.1 Å². The van der Waals surface area contributed by atoms with E-state index in [1.807, 2.05) is 0 Å². The van der Waals surface area contributed by atoms with Gasteiger partial charge in [-0.15, -0.1) is 0 Å². The van der Waals surface area contributed by atoms with Gasteiger partial charge in [-0.3, -0.25) is 10.1 Å². The van der Waals surface area contributed by atoms with Crippen molar-refractivity contribution in [2.75, 3.05) is 11.9 Å². The summed E-state index contributed by atoms with van der Waals surface area (Å²) in [5, 5.41) is 24.1. The van der Waals surface area contributed by atoms with Crippen molar-refractivity contribution in [3.63, 3.8) is 0 Å². The standard InChI is InChI=1S/C13H15N3O4/c1-9-5-6-14-12(11(9)16(18)19)15-8-13(2,17)10-4-3-7-20-10/h3-7,17H,8H2,1-2H3,(H,14,15). The molecule has 0 aliphatic heterocycles. The fraction of sp³-hybridized carbons (Fsp3) is 0.308. The molecule has 2 N–H and O–H groups in total. The van der Waals surface area contributed by atoms with Gasteiger partial charge in [-0.1, -0.05) is 0 Å². The number of nitro groups is 1. The molecule has 2 heterocycles. The lowest BCUT2D eigenvalue weighted by Crippen LogP contribution is -2.30. The van der Waals surface area contributed by atoms with Gasteiger partial charge in [0.2, 0.25) is 5.82 Å². The number of furan rings is 1. The van der Waals surface area contributed by atoms with Gasteiger partial charge in [0.1, 0.15) is 11.4 Å². The zero-order valence-corrected chi connectivity index (χ0v) is 11.2. The Morgan fingerprint density at radius 2 is 2.30 bits per heavy atom. The van der Waals surface area contributed by atoms with E-state index in [4.69, 9.17) is 4.42 Å². The topological polar surface area (TPSA) is 101 Å². The minimum atomic E-state index is -1.29. The molecular formula is C13H15N3O4. The first-order valence-electron chi connectivity index (χ1n) is 6.02. The van der Waals surface area contributed by atoms with Crippen molar-refractivity contribution in [3.8, 4) is 0 Å². The van der Waals surface area contributed by atoms with E-state index in [0.717, 1.165) is 0 Å². The van der Waals surface area contributed by atoms with E-state index in [1.54, 1.807) is 32.0 Å². The Bertz CT molecular complexity index is 608. The van der Waals surface area contributed by atoms with Crippen molar-refractivity contribution in [3.05, 3.63) is 52.1 Å². The van der Waals surface area contributed by atoms with Crippen LogP contribution in [0.5, 0.6) is 0 Å². The van der Waals surface area contributed by atoms with Crippen LogP contribution in [0.3, 0.4) is 0 Å². The summed E-state index contributed by atoms with van der Waals surface area (Å²) in [6, 6.07) is 4.87. The van der Waals surface area contributed by atoms with Gasteiger partial charge >= 0.3 is 5.69 Å². The molecule has 7 heteroatoms. The molecule has 0 radical (unpaired) electrons. The Balaban J connectivity index is 2.20. The first kappa shape index (κ1) is 14.0. The van der Waals surface area contributed by atoms with E-state index in [9.17, 15) is 15.2 Å². The van der Waals surface area contributed by atoms with Crippen LogP contribution < -0.4 is 5.32 Å². The van der Waals surface area contributed by atoms with Gasteiger partial charge in [-0.25, -0.2) is 4.98 Å². The molecular weight excluding hydrogens is 262 g/mol. The lowest BCUT2D eigenvalue weighted by Gasteiger charge is -2.21. The van der Waals surface area contributed by atoms with Gasteiger partial charge in [-0.2, -0.15) is 0 Å². The van der Waals surface area contributed by atoms with Gasteiger partial charge in [0, 0.05) is 11.8 Å². The highest BCUT2D eigenvalue weighted by Gasteiger charge is 2.28. The molecule has 0 aliphatic carbocycles. The van der Waals surface area contributed by atoms with E-state index in [1.165, 1.54) is 12.5 Å². The number of aromatic nitrogens is 1. The smallest absolute Gasteiger partial charge is 0.314 e. The van der Waals surface area contributed by atoms with E-state index in [-0.39, 0.29) is 18.1 Å². The summed E-state index contributed by atoms with van der Waals surface area (Å²) >= 11 is 0. The maximum atomic E-state index is 11.0. The fourth-order valence-corrected chi connectivity index (χ4v) is 1.84.